The fourth-order valence-corrected chi connectivity index (χ4v) is 4.36. The summed E-state index contributed by atoms with van der Waals surface area (Å²) in [6.45, 7) is 2.66. The number of hydrogen-bond acceptors (Lipinski definition) is 4. The molecule has 0 radical (unpaired) electrons. The molecule has 0 aliphatic heterocycles. The highest BCUT2D eigenvalue weighted by Gasteiger charge is 2.06. The molecule has 5 nitrogen and oxygen atoms in total. The second-order valence-corrected chi connectivity index (χ2v) is 9.01. The first-order chi connectivity index (χ1) is 18.5. The Hall–Kier alpha value is -4.87. The maximum Gasteiger partial charge on any atom is 0.135 e. The molecule has 7 rings (SSSR count). The average molecular weight is 500 g/mol. The lowest BCUT2D eigenvalue weighted by atomic mass is 10.1. The molecule has 7 aromatic rings. The highest BCUT2D eigenvalue weighted by atomic mass is 16.3. The number of nitrogens with two attached hydrogens (primary N) is 2. The van der Waals surface area contributed by atoms with Crippen LogP contribution in [0.1, 0.15) is 16.7 Å². The molecule has 0 unspecified atom stereocenters. The van der Waals surface area contributed by atoms with Crippen molar-refractivity contribution >= 4 is 49.7 Å². The van der Waals surface area contributed by atoms with E-state index in [-0.39, 0.29) is 5.84 Å². The van der Waals surface area contributed by atoms with Crippen LogP contribution >= 0.6 is 0 Å². The quantitative estimate of drug-likeness (QED) is 0.166. The number of hydrogen-bond donors (Lipinski definition) is 3. The molecule has 0 aliphatic carbocycles. The summed E-state index contributed by atoms with van der Waals surface area (Å²) >= 11 is 0. The third kappa shape index (κ3) is 5.28. The van der Waals surface area contributed by atoms with Crippen molar-refractivity contribution in [2.45, 2.75) is 13.5 Å². The van der Waals surface area contributed by atoms with Crippen molar-refractivity contribution in [3.63, 3.8) is 0 Å². The fourth-order valence-electron chi connectivity index (χ4n) is 4.36. The summed E-state index contributed by atoms with van der Waals surface area (Å²) in [6.07, 6.45) is 0. The minimum atomic E-state index is 0.121. The summed E-state index contributed by atoms with van der Waals surface area (Å²) in [7, 11) is 0. The molecule has 2 aromatic heterocycles. The topological polar surface area (TPSA) is 102 Å². The van der Waals surface area contributed by atoms with Crippen LogP contribution in [0.5, 0.6) is 0 Å². The van der Waals surface area contributed by atoms with Gasteiger partial charge in [0.2, 0.25) is 0 Å². The third-order valence-electron chi connectivity index (χ3n) is 6.29. The monoisotopic (exact) mass is 499 g/mol. The van der Waals surface area contributed by atoms with Gasteiger partial charge in [-0.3, -0.25) is 5.41 Å². The van der Waals surface area contributed by atoms with Crippen molar-refractivity contribution < 1.29 is 8.83 Å². The molecule has 38 heavy (non-hydrogen) atoms. The Balaban J connectivity index is 0.000000120. The predicted octanol–water partition coefficient (Wildman–Crippen LogP) is 7.91. The summed E-state index contributed by atoms with van der Waals surface area (Å²) in [4.78, 5) is 0. The van der Waals surface area contributed by atoms with E-state index < -0.39 is 0 Å². The van der Waals surface area contributed by atoms with Crippen molar-refractivity contribution in [1.82, 2.24) is 0 Å². The van der Waals surface area contributed by atoms with Crippen LogP contribution in [0.2, 0.25) is 0 Å². The summed E-state index contributed by atoms with van der Waals surface area (Å²) in [5, 5.41) is 11.7. The number of amidine groups is 1. The molecule has 0 bridgehead atoms. The molecule has 5 aromatic carbocycles. The average Bonchev–Trinajstić information content (AvgIpc) is 3.52. The van der Waals surface area contributed by atoms with Crippen molar-refractivity contribution in [1.29, 1.82) is 5.41 Å². The number of benzene rings is 5. The number of nitrogens with one attached hydrogen (secondary N) is 1. The number of aryl methyl sites for hydroxylation is 1. The zero-order valence-electron chi connectivity index (χ0n) is 21.1. The van der Waals surface area contributed by atoms with Gasteiger partial charge in [0.15, 0.2) is 0 Å². The van der Waals surface area contributed by atoms with Crippen molar-refractivity contribution in [3.8, 4) is 0 Å². The second kappa shape index (κ2) is 11.0. The number of rotatable bonds is 2. The number of para-hydroxylation sites is 2. The van der Waals surface area contributed by atoms with E-state index in [1.165, 1.54) is 16.3 Å². The Kier molecular flexibility index (Phi) is 7.20. The van der Waals surface area contributed by atoms with Gasteiger partial charge in [0.1, 0.15) is 28.2 Å². The lowest BCUT2D eigenvalue weighted by Crippen LogP contribution is -2.10. The van der Waals surface area contributed by atoms with E-state index in [2.05, 4.69) is 37.3 Å². The van der Waals surface area contributed by atoms with Crippen LogP contribution in [0.15, 0.2) is 124 Å². The minimum absolute atomic E-state index is 0.121. The van der Waals surface area contributed by atoms with Gasteiger partial charge in [-0.25, -0.2) is 0 Å². The summed E-state index contributed by atoms with van der Waals surface area (Å²) in [5.41, 5.74) is 17.8. The molecule has 0 atom stereocenters. The van der Waals surface area contributed by atoms with Crippen molar-refractivity contribution in [3.05, 3.63) is 132 Å². The maximum absolute atomic E-state index is 7.01. The predicted molar refractivity (Wildman–Crippen MR) is 158 cm³/mol. The summed E-state index contributed by atoms with van der Waals surface area (Å²) in [5.74, 6) is 0.121. The standard InChI is InChI=1S/C13H11NO.C13H10O.C7H8N2/c14-8-9-5-6-13-11(7-9)10-3-1-2-4-12(10)15-13;1-9-6-7-13-11(8-9)10-4-2-3-5-12(10)14-13;8-7(9)6-4-2-1-3-5-6/h1-7H,8,14H2;2-8H,1H3;1-5H,(H3,8,9). The molecule has 5 N–H and O–H groups in total. The van der Waals surface area contributed by atoms with E-state index in [1.54, 1.807) is 0 Å². The van der Waals surface area contributed by atoms with Gasteiger partial charge in [-0.1, -0.05) is 84.4 Å². The number of nitrogen functional groups attached to an aromatic ring is 1. The van der Waals surface area contributed by atoms with Crippen LogP contribution < -0.4 is 11.5 Å². The molecule has 0 fully saturated rings. The van der Waals surface area contributed by atoms with Gasteiger partial charge in [-0.2, -0.15) is 0 Å². The molecule has 2 heterocycles. The lowest BCUT2D eigenvalue weighted by molar-refractivity contribution is 0.668. The van der Waals surface area contributed by atoms with Gasteiger partial charge < -0.3 is 20.3 Å². The Morgan fingerprint density at radius 3 is 1.66 bits per heavy atom. The largest absolute Gasteiger partial charge is 0.456 e. The molecule has 5 heteroatoms. The number of fused-ring (bicyclic) bond motifs is 6. The maximum atomic E-state index is 7.01. The van der Waals surface area contributed by atoms with Crippen LogP contribution in [-0.2, 0) is 6.54 Å². The van der Waals surface area contributed by atoms with Crippen LogP contribution in [0.25, 0.3) is 43.9 Å². The zero-order chi connectivity index (χ0) is 26.5. The molecule has 188 valence electrons. The first-order valence-electron chi connectivity index (χ1n) is 12.4. The van der Waals surface area contributed by atoms with E-state index in [9.17, 15) is 0 Å². The van der Waals surface area contributed by atoms with Gasteiger partial charge in [0.25, 0.3) is 0 Å². The van der Waals surface area contributed by atoms with Crippen LogP contribution in [0.4, 0.5) is 0 Å². The second-order valence-electron chi connectivity index (χ2n) is 9.01. The molecule has 0 saturated heterocycles. The van der Waals surface area contributed by atoms with Crippen LogP contribution in [0.3, 0.4) is 0 Å². The smallest absolute Gasteiger partial charge is 0.135 e. The lowest BCUT2D eigenvalue weighted by Gasteiger charge is -1.95. The fraction of sp³-hybridized carbons (Fsp3) is 0.0606. The summed E-state index contributed by atoms with van der Waals surface area (Å²) in [6, 6.07) is 37.8. The third-order valence-corrected chi connectivity index (χ3v) is 6.29. The summed E-state index contributed by atoms with van der Waals surface area (Å²) < 4.78 is 11.4. The highest BCUT2D eigenvalue weighted by molar-refractivity contribution is 6.05. The van der Waals surface area contributed by atoms with Gasteiger partial charge in [-0.05, 0) is 48.9 Å². The highest BCUT2D eigenvalue weighted by Crippen LogP contribution is 2.29. The zero-order valence-corrected chi connectivity index (χ0v) is 21.1. The van der Waals surface area contributed by atoms with Gasteiger partial charge in [0.05, 0.1) is 0 Å². The first kappa shape index (κ1) is 24.8. The van der Waals surface area contributed by atoms with Crippen molar-refractivity contribution in [2.24, 2.45) is 11.5 Å². The molecule has 0 spiro atoms. The van der Waals surface area contributed by atoms with Gasteiger partial charge in [0, 0.05) is 33.7 Å². The van der Waals surface area contributed by atoms with E-state index in [4.69, 9.17) is 25.7 Å². The van der Waals surface area contributed by atoms with E-state index in [0.29, 0.717) is 6.54 Å². The molecule has 0 saturated carbocycles. The van der Waals surface area contributed by atoms with E-state index >= 15 is 0 Å². The Labute approximate surface area is 220 Å². The van der Waals surface area contributed by atoms with E-state index in [1.807, 2.05) is 84.9 Å². The first-order valence-corrected chi connectivity index (χ1v) is 12.4. The number of furan rings is 2. The molecular weight excluding hydrogens is 470 g/mol. The molecular formula is C33H29N3O2. The van der Waals surface area contributed by atoms with Gasteiger partial charge in [-0.15, -0.1) is 0 Å². The molecule has 0 amide bonds. The Morgan fingerprint density at radius 1 is 0.605 bits per heavy atom. The van der Waals surface area contributed by atoms with E-state index in [0.717, 1.165) is 44.2 Å². The molecule has 0 aliphatic rings. The van der Waals surface area contributed by atoms with Crippen LogP contribution in [0, 0.1) is 12.3 Å². The van der Waals surface area contributed by atoms with Gasteiger partial charge >= 0.3 is 0 Å². The van der Waals surface area contributed by atoms with Crippen LogP contribution in [-0.4, -0.2) is 5.84 Å². The van der Waals surface area contributed by atoms with Crippen molar-refractivity contribution in [2.75, 3.05) is 0 Å². The Bertz CT molecular complexity index is 1850. The normalized spacial score (nSPS) is 10.7. The SMILES string of the molecule is Cc1ccc2oc3ccccc3c2c1.N=C(N)c1ccccc1.NCc1ccc2oc3ccccc3c2c1. The Morgan fingerprint density at radius 2 is 1.11 bits per heavy atom. The minimum Gasteiger partial charge on any atom is -0.456 e.